The molecule has 148 valence electrons. The molecule has 3 heteroatoms. The quantitative estimate of drug-likeness (QED) is 0.635. The van der Waals surface area contributed by atoms with Crippen molar-refractivity contribution in [2.24, 2.45) is 0 Å². The van der Waals surface area contributed by atoms with Crippen molar-refractivity contribution in [3.8, 4) is 0 Å². The van der Waals surface area contributed by atoms with Gasteiger partial charge in [-0.1, -0.05) is 48.0 Å². The summed E-state index contributed by atoms with van der Waals surface area (Å²) in [4.78, 5) is 2.38. The lowest BCUT2D eigenvalue weighted by Crippen LogP contribution is -2.37. The molecule has 0 N–H and O–H groups in total. The molecule has 3 unspecified atom stereocenters. The Hall–Kier alpha value is -2.78. The van der Waals surface area contributed by atoms with E-state index in [1.807, 2.05) is 13.0 Å². The number of rotatable bonds is 2. The number of fused-ring (bicyclic) bond motifs is 3. The highest BCUT2D eigenvalue weighted by Gasteiger charge is 2.44. The molecule has 0 spiro atoms. The third-order valence-corrected chi connectivity index (χ3v) is 6.11. The van der Waals surface area contributed by atoms with Crippen LogP contribution in [0.4, 0.5) is 0 Å². The van der Waals surface area contributed by atoms with Crippen molar-refractivity contribution in [1.82, 2.24) is 4.90 Å². The Balaban J connectivity index is 1.55. The molecule has 0 aliphatic carbocycles. The maximum absolute atomic E-state index is 6.20. The van der Waals surface area contributed by atoms with E-state index < -0.39 is 0 Å². The van der Waals surface area contributed by atoms with Crippen LogP contribution in [0.5, 0.6) is 0 Å². The van der Waals surface area contributed by atoms with Crippen molar-refractivity contribution < 1.29 is 9.47 Å². The first-order chi connectivity index (χ1) is 14.0. The van der Waals surface area contributed by atoms with Crippen LogP contribution < -0.4 is 0 Å². The van der Waals surface area contributed by atoms with Crippen LogP contribution in [0.15, 0.2) is 72.7 Å². The number of ether oxygens (including phenoxy) is 2. The molecule has 0 fully saturated rings. The van der Waals surface area contributed by atoms with Gasteiger partial charge in [-0.05, 0) is 73.7 Å². The molecule has 3 aliphatic heterocycles. The zero-order chi connectivity index (χ0) is 20.1. The van der Waals surface area contributed by atoms with Gasteiger partial charge >= 0.3 is 0 Å². The average molecular weight is 386 g/mol. The maximum atomic E-state index is 6.20. The number of benzene rings is 2. The second-order valence-electron chi connectivity index (χ2n) is 8.33. The molecule has 2 aromatic rings. The zero-order valence-electron chi connectivity index (χ0n) is 17.4. The largest absolute Gasteiger partial charge is 0.467 e. The van der Waals surface area contributed by atoms with Crippen LogP contribution in [0, 0.1) is 13.8 Å². The van der Waals surface area contributed by atoms with Crippen molar-refractivity contribution >= 4 is 5.57 Å². The van der Waals surface area contributed by atoms with Crippen LogP contribution in [-0.4, -0.2) is 17.3 Å². The highest BCUT2D eigenvalue weighted by atomic mass is 16.7. The molecule has 0 saturated heterocycles. The minimum Gasteiger partial charge on any atom is -0.467 e. The topological polar surface area (TPSA) is 21.7 Å². The second kappa shape index (κ2) is 6.93. The van der Waals surface area contributed by atoms with Gasteiger partial charge in [0.15, 0.2) is 0 Å². The first kappa shape index (κ1) is 18.3. The first-order valence-corrected chi connectivity index (χ1v) is 10.4. The molecule has 29 heavy (non-hydrogen) atoms. The normalized spacial score (nSPS) is 27.7. The Kier molecular flexibility index (Phi) is 4.36. The van der Waals surface area contributed by atoms with Crippen molar-refractivity contribution in [1.29, 1.82) is 0 Å². The van der Waals surface area contributed by atoms with Crippen LogP contribution in [0.25, 0.3) is 5.57 Å². The van der Waals surface area contributed by atoms with E-state index in [9.17, 15) is 0 Å². The van der Waals surface area contributed by atoms with Gasteiger partial charge in [0, 0.05) is 6.20 Å². The average Bonchev–Trinajstić information content (AvgIpc) is 3.01. The van der Waals surface area contributed by atoms with Crippen molar-refractivity contribution in [3.63, 3.8) is 0 Å². The first-order valence-electron chi connectivity index (χ1n) is 10.4. The highest BCUT2D eigenvalue weighted by Crippen LogP contribution is 2.49. The molecule has 2 aromatic carbocycles. The molecule has 3 aliphatic rings. The molecule has 5 rings (SSSR count). The van der Waals surface area contributed by atoms with E-state index in [2.05, 4.69) is 86.5 Å². The maximum Gasteiger partial charge on any atom is 0.224 e. The molecule has 4 atom stereocenters. The fraction of sp³-hybridized carbons (Fsp3) is 0.308. The van der Waals surface area contributed by atoms with Gasteiger partial charge in [-0.25, -0.2) is 0 Å². The SMILES string of the molecule is CC1=CC(C)O[C@H](C2c3ccccc3C3C=C(c4ccc(C)cc4C)C=CN32)O1. The number of hydrogen-bond acceptors (Lipinski definition) is 3. The molecule has 0 bridgehead atoms. The summed E-state index contributed by atoms with van der Waals surface area (Å²) >= 11 is 0. The van der Waals surface area contributed by atoms with Crippen molar-refractivity contribution in [2.45, 2.75) is 52.2 Å². The van der Waals surface area contributed by atoms with Gasteiger partial charge in [0.05, 0.1) is 17.9 Å². The summed E-state index contributed by atoms with van der Waals surface area (Å²) in [5.41, 5.74) is 7.79. The standard InChI is InChI=1S/C26H27NO2/c1-16-9-10-21(17(2)13-16)20-11-12-27-24(15-20)22-7-5-6-8-23(22)25(27)26-28-18(3)14-19(4)29-26/h5-15,18,24-26H,1-4H3/t18?,24?,25?,26-/m0/s1. The molecule has 3 heterocycles. The molecular weight excluding hydrogens is 358 g/mol. The fourth-order valence-corrected chi connectivity index (χ4v) is 4.87. The minimum absolute atomic E-state index is 0.0375. The Morgan fingerprint density at radius 3 is 2.48 bits per heavy atom. The van der Waals surface area contributed by atoms with Crippen LogP contribution in [0.3, 0.4) is 0 Å². The lowest BCUT2D eigenvalue weighted by molar-refractivity contribution is -0.181. The fourth-order valence-electron chi connectivity index (χ4n) is 4.87. The van der Waals surface area contributed by atoms with Crippen LogP contribution in [0.1, 0.15) is 53.7 Å². The summed E-state index contributed by atoms with van der Waals surface area (Å²) in [6.45, 7) is 8.41. The third kappa shape index (κ3) is 3.10. The summed E-state index contributed by atoms with van der Waals surface area (Å²) in [7, 11) is 0. The molecular formula is C26H27NO2. The van der Waals surface area contributed by atoms with Gasteiger partial charge in [-0.3, -0.25) is 0 Å². The number of aryl methyl sites for hydroxylation is 2. The van der Waals surface area contributed by atoms with Crippen molar-refractivity contribution in [3.05, 3.63) is 100 Å². The van der Waals surface area contributed by atoms with Crippen molar-refractivity contribution in [2.75, 3.05) is 0 Å². The summed E-state index contributed by atoms with van der Waals surface area (Å²) < 4.78 is 12.3. The third-order valence-electron chi connectivity index (χ3n) is 6.11. The van der Waals surface area contributed by atoms with Crippen LogP contribution >= 0.6 is 0 Å². The Labute approximate surface area is 172 Å². The summed E-state index contributed by atoms with van der Waals surface area (Å²) in [6.07, 6.45) is 8.58. The minimum atomic E-state index is -0.318. The number of allylic oxidation sites excluding steroid dienone is 3. The van der Waals surface area contributed by atoms with E-state index in [0.717, 1.165) is 5.76 Å². The van der Waals surface area contributed by atoms with E-state index >= 15 is 0 Å². The van der Waals surface area contributed by atoms with E-state index in [-0.39, 0.29) is 24.5 Å². The Morgan fingerprint density at radius 2 is 1.72 bits per heavy atom. The summed E-state index contributed by atoms with van der Waals surface area (Å²) in [5.74, 6) is 0.933. The van der Waals surface area contributed by atoms with E-state index in [4.69, 9.17) is 9.47 Å². The number of hydrogen-bond donors (Lipinski definition) is 0. The summed E-state index contributed by atoms with van der Waals surface area (Å²) in [6, 6.07) is 15.6. The van der Waals surface area contributed by atoms with E-state index in [0.29, 0.717) is 0 Å². The van der Waals surface area contributed by atoms with Gasteiger partial charge in [-0.15, -0.1) is 0 Å². The molecule has 0 amide bonds. The lowest BCUT2D eigenvalue weighted by atomic mass is 9.93. The molecule has 0 radical (unpaired) electrons. The summed E-state index contributed by atoms with van der Waals surface area (Å²) in [5, 5.41) is 0. The van der Waals surface area contributed by atoms with Crippen LogP contribution in [0.2, 0.25) is 0 Å². The monoisotopic (exact) mass is 385 g/mol. The van der Waals surface area contributed by atoms with Gasteiger partial charge in [0.2, 0.25) is 6.29 Å². The Bertz CT molecular complexity index is 1050. The predicted molar refractivity (Wildman–Crippen MR) is 116 cm³/mol. The molecule has 0 saturated carbocycles. The van der Waals surface area contributed by atoms with Gasteiger partial charge in [-0.2, -0.15) is 0 Å². The zero-order valence-corrected chi connectivity index (χ0v) is 17.4. The predicted octanol–water partition coefficient (Wildman–Crippen LogP) is 5.98. The van der Waals surface area contributed by atoms with Gasteiger partial charge in [0.1, 0.15) is 6.04 Å². The highest BCUT2D eigenvalue weighted by molar-refractivity contribution is 5.78. The van der Waals surface area contributed by atoms with E-state index in [1.54, 1.807) is 0 Å². The Morgan fingerprint density at radius 1 is 0.931 bits per heavy atom. The molecule has 0 aromatic heterocycles. The molecule has 3 nitrogen and oxygen atoms in total. The number of nitrogens with zero attached hydrogens (tertiary/aromatic N) is 1. The van der Waals surface area contributed by atoms with E-state index in [1.165, 1.54) is 33.4 Å². The van der Waals surface area contributed by atoms with Gasteiger partial charge in [0.25, 0.3) is 0 Å². The second-order valence-corrected chi connectivity index (χ2v) is 8.33. The van der Waals surface area contributed by atoms with Gasteiger partial charge < -0.3 is 14.4 Å². The lowest BCUT2D eigenvalue weighted by Gasteiger charge is -2.38. The smallest absolute Gasteiger partial charge is 0.224 e. The van der Waals surface area contributed by atoms with Crippen LogP contribution in [-0.2, 0) is 9.47 Å².